The van der Waals surface area contributed by atoms with Gasteiger partial charge in [-0.25, -0.2) is 4.79 Å². The molecule has 0 saturated carbocycles. The Bertz CT molecular complexity index is 865. The van der Waals surface area contributed by atoms with Gasteiger partial charge in [-0.05, 0) is 35.4 Å². The summed E-state index contributed by atoms with van der Waals surface area (Å²) in [6.07, 6.45) is 3.72. The second-order valence-electron chi connectivity index (χ2n) is 7.97. The van der Waals surface area contributed by atoms with Crippen LogP contribution in [0.2, 0.25) is 0 Å². The first kappa shape index (κ1) is 24.2. The number of hydrogen-bond acceptors (Lipinski definition) is 7. The predicted molar refractivity (Wildman–Crippen MR) is 127 cm³/mol. The molecule has 3 rings (SSSR count). The number of aromatic nitrogens is 1. The molecule has 1 aliphatic heterocycles. The van der Waals surface area contributed by atoms with Gasteiger partial charge in [0, 0.05) is 63.0 Å². The zero-order chi connectivity index (χ0) is 22.8. The van der Waals surface area contributed by atoms with Crippen molar-refractivity contribution in [3.8, 4) is 0 Å². The molecule has 9 heteroatoms. The molecule has 2 aromatic rings. The van der Waals surface area contributed by atoms with E-state index in [9.17, 15) is 9.59 Å². The Labute approximate surface area is 193 Å². The number of hydrogen-bond donors (Lipinski definition) is 2. The average Bonchev–Trinajstić information content (AvgIpc) is 3.22. The van der Waals surface area contributed by atoms with Gasteiger partial charge in [-0.2, -0.15) is 0 Å². The number of thiophene rings is 1. The summed E-state index contributed by atoms with van der Waals surface area (Å²) in [4.78, 5) is 33.7. The van der Waals surface area contributed by atoms with Crippen molar-refractivity contribution in [1.82, 2.24) is 20.1 Å². The number of rotatable bonds is 11. The van der Waals surface area contributed by atoms with Gasteiger partial charge in [0.25, 0.3) is 0 Å². The van der Waals surface area contributed by atoms with Gasteiger partial charge in [0.1, 0.15) is 5.69 Å². The third-order valence-corrected chi connectivity index (χ3v) is 6.24. The highest BCUT2D eigenvalue weighted by molar-refractivity contribution is 7.08. The molecule has 0 atom stereocenters. The number of pyridine rings is 1. The number of amides is 2. The van der Waals surface area contributed by atoms with E-state index in [-0.39, 0.29) is 18.2 Å². The lowest BCUT2D eigenvalue weighted by atomic mass is 10.1. The fourth-order valence-electron chi connectivity index (χ4n) is 3.55. The molecule has 32 heavy (non-hydrogen) atoms. The van der Waals surface area contributed by atoms with Gasteiger partial charge < -0.3 is 20.7 Å². The highest BCUT2D eigenvalue weighted by Crippen LogP contribution is 2.19. The summed E-state index contributed by atoms with van der Waals surface area (Å²) >= 11 is 1.49. The standard InChI is InChI=1S/C23H33N5O3S/c1-2-6-25-23(30)28(8-3-7-27-9-11-31-12-10-27)15-18-4-5-21(26-14-18)22(29)13-19-16-32-17-20(19)24/h4-5,14,16-17H,2-3,6-13,15,24H2,1H3,(H,25,30). The van der Waals surface area contributed by atoms with Crippen molar-refractivity contribution < 1.29 is 14.3 Å². The van der Waals surface area contributed by atoms with Gasteiger partial charge in [0.15, 0.2) is 5.78 Å². The molecule has 3 heterocycles. The first-order valence-corrected chi connectivity index (χ1v) is 12.1. The number of nitrogen functional groups attached to an aromatic ring is 1. The Balaban J connectivity index is 1.56. The summed E-state index contributed by atoms with van der Waals surface area (Å²) < 4.78 is 5.40. The minimum absolute atomic E-state index is 0.0651. The summed E-state index contributed by atoms with van der Waals surface area (Å²) in [5, 5.41) is 6.69. The van der Waals surface area contributed by atoms with Gasteiger partial charge >= 0.3 is 6.03 Å². The summed E-state index contributed by atoms with van der Waals surface area (Å²) in [6.45, 7) is 8.17. The lowest BCUT2D eigenvalue weighted by Gasteiger charge is -2.28. The van der Waals surface area contributed by atoms with E-state index in [1.54, 1.807) is 12.3 Å². The number of nitrogens with one attached hydrogen (secondary N) is 1. The van der Waals surface area contributed by atoms with E-state index in [1.807, 2.05) is 28.7 Å². The number of nitrogens with zero attached hydrogens (tertiary/aromatic N) is 3. The normalized spacial score (nSPS) is 14.3. The van der Waals surface area contributed by atoms with Crippen LogP contribution in [0, 0.1) is 0 Å². The van der Waals surface area contributed by atoms with Crippen LogP contribution >= 0.6 is 11.3 Å². The molecule has 2 aromatic heterocycles. The third kappa shape index (κ3) is 7.29. The molecule has 0 spiro atoms. The Hall–Kier alpha value is -2.49. The van der Waals surface area contributed by atoms with E-state index in [2.05, 4.69) is 15.2 Å². The molecule has 1 fully saturated rings. The molecule has 0 aromatic carbocycles. The molecule has 0 unspecified atom stereocenters. The number of nitrogens with two attached hydrogens (primary N) is 1. The fraction of sp³-hybridized carbons (Fsp3) is 0.522. The maximum atomic E-state index is 12.7. The van der Waals surface area contributed by atoms with Crippen LogP contribution in [-0.2, 0) is 17.7 Å². The number of ether oxygens (including phenoxy) is 1. The zero-order valence-electron chi connectivity index (χ0n) is 18.7. The zero-order valence-corrected chi connectivity index (χ0v) is 19.5. The summed E-state index contributed by atoms with van der Waals surface area (Å²) in [5.74, 6) is -0.0651. The molecule has 3 N–H and O–H groups in total. The van der Waals surface area contributed by atoms with E-state index < -0.39 is 0 Å². The minimum Gasteiger partial charge on any atom is -0.398 e. The molecule has 174 valence electrons. The predicted octanol–water partition coefficient (Wildman–Crippen LogP) is 2.79. The molecule has 0 radical (unpaired) electrons. The van der Waals surface area contributed by atoms with Crippen molar-refractivity contribution in [3.05, 3.63) is 45.9 Å². The quantitative estimate of drug-likeness (QED) is 0.501. The molecule has 1 aliphatic rings. The van der Waals surface area contributed by atoms with E-state index in [4.69, 9.17) is 10.5 Å². The number of Topliss-reactive ketones (excluding diaryl/α,β-unsaturated/α-hetero) is 1. The van der Waals surface area contributed by atoms with Crippen LogP contribution in [0.4, 0.5) is 10.5 Å². The third-order valence-electron chi connectivity index (χ3n) is 5.43. The number of carbonyl (C=O) groups is 2. The Kier molecular flexibility index (Phi) is 9.45. The second-order valence-corrected chi connectivity index (χ2v) is 8.71. The highest BCUT2D eigenvalue weighted by atomic mass is 32.1. The smallest absolute Gasteiger partial charge is 0.317 e. The topological polar surface area (TPSA) is 101 Å². The fourth-order valence-corrected chi connectivity index (χ4v) is 4.30. The lowest BCUT2D eigenvalue weighted by Crippen LogP contribution is -2.42. The summed E-state index contributed by atoms with van der Waals surface area (Å²) in [6, 6.07) is 3.54. The first-order valence-electron chi connectivity index (χ1n) is 11.2. The van der Waals surface area contributed by atoms with E-state index in [0.29, 0.717) is 31.0 Å². The van der Waals surface area contributed by atoms with Crippen LogP contribution in [0.25, 0.3) is 0 Å². The van der Waals surface area contributed by atoms with Crippen LogP contribution in [0.5, 0.6) is 0 Å². The lowest BCUT2D eigenvalue weighted by molar-refractivity contribution is 0.0364. The Morgan fingerprint density at radius 3 is 2.75 bits per heavy atom. The van der Waals surface area contributed by atoms with Crippen LogP contribution in [0.3, 0.4) is 0 Å². The minimum atomic E-state index is -0.0677. The Morgan fingerprint density at radius 2 is 2.09 bits per heavy atom. The van der Waals surface area contributed by atoms with Crippen LogP contribution < -0.4 is 11.1 Å². The molecule has 1 saturated heterocycles. The van der Waals surface area contributed by atoms with Crippen molar-refractivity contribution >= 4 is 28.8 Å². The number of morpholine rings is 1. The van der Waals surface area contributed by atoms with Crippen molar-refractivity contribution in [1.29, 1.82) is 0 Å². The average molecular weight is 460 g/mol. The molecule has 0 aliphatic carbocycles. The highest BCUT2D eigenvalue weighted by Gasteiger charge is 2.17. The van der Waals surface area contributed by atoms with Gasteiger partial charge in [-0.3, -0.25) is 14.7 Å². The number of carbonyl (C=O) groups excluding carboxylic acids is 2. The largest absolute Gasteiger partial charge is 0.398 e. The Morgan fingerprint density at radius 1 is 1.28 bits per heavy atom. The molecule has 2 amide bonds. The monoisotopic (exact) mass is 459 g/mol. The summed E-state index contributed by atoms with van der Waals surface area (Å²) in [5.41, 5.74) is 8.67. The van der Waals surface area contributed by atoms with E-state index >= 15 is 0 Å². The molecule has 8 nitrogen and oxygen atoms in total. The van der Waals surface area contributed by atoms with Crippen molar-refractivity contribution in [2.24, 2.45) is 0 Å². The SMILES string of the molecule is CCCNC(=O)N(CCCN1CCOCC1)Cc1ccc(C(=O)Cc2cscc2N)nc1. The van der Waals surface area contributed by atoms with Gasteiger partial charge in [0.2, 0.25) is 0 Å². The maximum Gasteiger partial charge on any atom is 0.317 e. The van der Waals surface area contributed by atoms with Crippen LogP contribution in [0.15, 0.2) is 29.1 Å². The first-order chi connectivity index (χ1) is 15.6. The molecular weight excluding hydrogens is 426 g/mol. The van der Waals surface area contributed by atoms with Crippen LogP contribution in [0.1, 0.15) is 41.4 Å². The van der Waals surface area contributed by atoms with Gasteiger partial charge in [-0.1, -0.05) is 13.0 Å². The number of ketones is 1. The van der Waals surface area contributed by atoms with Crippen molar-refractivity contribution in [2.45, 2.75) is 32.7 Å². The summed E-state index contributed by atoms with van der Waals surface area (Å²) in [7, 11) is 0. The number of anilines is 1. The van der Waals surface area contributed by atoms with Crippen molar-refractivity contribution in [3.63, 3.8) is 0 Å². The molecule has 0 bridgehead atoms. The van der Waals surface area contributed by atoms with E-state index in [1.165, 1.54) is 11.3 Å². The van der Waals surface area contributed by atoms with Gasteiger partial charge in [0.05, 0.1) is 13.2 Å². The van der Waals surface area contributed by atoms with Crippen molar-refractivity contribution in [2.75, 3.05) is 51.7 Å². The maximum absolute atomic E-state index is 12.7. The molecular formula is C23H33N5O3S. The second kappa shape index (κ2) is 12.5. The van der Waals surface area contributed by atoms with Gasteiger partial charge in [-0.15, -0.1) is 11.3 Å². The number of urea groups is 1. The van der Waals surface area contributed by atoms with Crippen LogP contribution in [-0.4, -0.2) is 72.5 Å². The van der Waals surface area contributed by atoms with E-state index in [0.717, 1.165) is 56.8 Å².